The van der Waals surface area contributed by atoms with Crippen molar-refractivity contribution in [2.24, 2.45) is 0 Å². The summed E-state index contributed by atoms with van der Waals surface area (Å²) in [4.78, 5) is 59.2. The SMILES string of the molecule is CC(=O)OC[C@@H]1O[C@@H](OC(C)=O)[C@@H](NC(=O)c2ccc(N([O-])O)o2)[C@@H](OC(C)=O)[C@@H]1OC(C)=O. The van der Waals surface area contributed by atoms with Crippen molar-refractivity contribution in [3.63, 3.8) is 0 Å². The molecule has 15 heteroatoms. The molecule has 15 nitrogen and oxygen atoms in total. The van der Waals surface area contributed by atoms with Crippen LogP contribution in [0.2, 0.25) is 0 Å². The Bertz CT molecular complexity index is 927. The van der Waals surface area contributed by atoms with Gasteiger partial charge >= 0.3 is 23.9 Å². The van der Waals surface area contributed by atoms with Crippen LogP contribution in [0.25, 0.3) is 0 Å². The Labute approximate surface area is 192 Å². The topological polar surface area (TPSA) is 203 Å². The number of anilines is 1. The van der Waals surface area contributed by atoms with Gasteiger partial charge in [-0.25, -0.2) is 0 Å². The second-order valence-corrected chi connectivity index (χ2v) is 7.01. The number of carbonyl (C=O) groups is 5. The van der Waals surface area contributed by atoms with Crippen LogP contribution in [0.1, 0.15) is 38.2 Å². The van der Waals surface area contributed by atoms with Crippen LogP contribution in [0.15, 0.2) is 16.5 Å². The molecule has 0 radical (unpaired) electrons. The average Bonchev–Trinajstić information content (AvgIpc) is 3.20. The number of ether oxygens (including phenoxy) is 5. The lowest BCUT2D eigenvalue weighted by molar-refractivity contribution is -0.270. The third kappa shape index (κ3) is 7.16. The lowest BCUT2D eigenvalue weighted by Crippen LogP contribution is -2.67. The van der Waals surface area contributed by atoms with Crippen molar-refractivity contribution >= 4 is 35.7 Å². The van der Waals surface area contributed by atoms with Gasteiger partial charge in [-0.3, -0.25) is 34.4 Å². The number of nitrogens with zero attached hydrogens (tertiary/aromatic N) is 1. The van der Waals surface area contributed by atoms with Crippen molar-refractivity contribution in [2.75, 3.05) is 11.8 Å². The lowest BCUT2D eigenvalue weighted by Gasteiger charge is -2.44. The third-order valence-electron chi connectivity index (χ3n) is 4.29. The molecule has 0 aliphatic carbocycles. The lowest BCUT2D eigenvalue weighted by atomic mass is 9.96. The first-order valence-electron chi connectivity index (χ1n) is 9.76. The molecule has 188 valence electrons. The summed E-state index contributed by atoms with van der Waals surface area (Å²) in [7, 11) is 0. The highest BCUT2D eigenvalue weighted by Crippen LogP contribution is 2.28. The smallest absolute Gasteiger partial charge is 0.305 e. The standard InChI is InChI=1S/C19H23N2O13/c1-8(22)29-7-13-16(30-9(2)23)17(31-10(3)24)15(19(34-13)32-11(4)25)20-18(26)12-5-6-14(33-12)21(27)28/h5-6,13,15-17,19,27H,7H2,1-4H3,(H,20,26)/q-1/t13-,15-,16+,17+,19+/m0/s1. The first kappa shape index (κ1) is 26.6. The Hall–Kier alpha value is -3.69. The summed E-state index contributed by atoms with van der Waals surface area (Å²) in [6.07, 6.45) is -5.73. The highest BCUT2D eigenvalue weighted by molar-refractivity contribution is 5.92. The fraction of sp³-hybridized carbons (Fsp3) is 0.526. The van der Waals surface area contributed by atoms with E-state index in [0.717, 1.165) is 39.8 Å². The fourth-order valence-corrected chi connectivity index (χ4v) is 3.10. The molecule has 0 bridgehead atoms. The van der Waals surface area contributed by atoms with Gasteiger partial charge in [0.25, 0.3) is 5.91 Å². The van der Waals surface area contributed by atoms with Crippen molar-refractivity contribution in [2.45, 2.75) is 58.3 Å². The normalized spacial score (nSPS) is 23.9. The van der Waals surface area contributed by atoms with E-state index in [0.29, 0.717) is 0 Å². The molecule has 2 rings (SSSR count). The van der Waals surface area contributed by atoms with Gasteiger partial charge in [-0.2, -0.15) is 0 Å². The van der Waals surface area contributed by atoms with E-state index in [2.05, 4.69) is 5.32 Å². The zero-order chi connectivity index (χ0) is 25.6. The minimum Gasteiger partial charge on any atom is -0.731 e. The van der Waals surface area contributed by atoms with Gasteiger partial charge in [-0.1, -0.05) is 0 Å². The maximum absolute atomic E-state index is 12.7. The maximum atomic E-state index is 12.7. The largest absolute Gasteiger partial charge is 0.731 e. The van der Waals surface area contributed by atoms with E-state index < -0.39 is 83.9 Å². The van der Waals surface area contributed by atoms with Crippen molar-refractivity contribution in [1.29, 1.82) is 0 Å². The van der Waals surface area contributed by atoms with Crippen molar-refractivity contribution in [1.82, 2.24) is 5.32 Å². The molecule has 1 aliphatic heterocycles. The molecular formula is C19H23N2O13-. The number of furan rings is 1. The van der Waals surface area contributed by atoms with Gasteiger partial charge in [-0.15, -0.1) is 0 Å². The zero-order valence-corrected chi connectivity index (χ0v) is 18.5. The summed E-state index contributed by atoms with van der Waals surface area (Å²) in [5.41, 5.74) is 0. The van der Waals surface area contributed by atoms with E-state index in [1.165, 1.54) is 0 Å². The van der Waals surface area contributed by atoms with E-state index in [9.17, 15) is 29.2 Å². The fourth-order valence-electron chi connectivity index (χ4n) is 3.10. The molecule has 1 amide bonds. The summed E-state index contributed by atoms with van der Waals surface area (Å²) in [6.45, 7) is 3.80. The summed E-state index contributed by atoms with van der Waals surface area (Å²) in [5, 5.41) is 21.6. The summed E-state index contributed by atoms with van der Waals surface area (Å²) >= 11 is 0. The number of esters is 4. The molecule has 5 atom stereocenters. The highest BCUT2D eigenvalue weighted by atomic mass is 16.8. The molecule has 1 aromatic rings. The van der Waals surface area contributed by atoms with Crippen LogP contribution in [-0.2, 0) is 42.9 Å². The average molecular weight is 487 g/mol. The van der Waals surface area contributed by atoms with Gasteiger partial charge < -0.3 is 38.6 Å². The van der Waals surface area contributed by atoms with Gasteiger partial charge in [0.2, 0.25) is 12.2 Å². The number of hydrogen-bond acceptors (Lipinski definition) is 14. The molecule has 34 heavy (non-hydrogen) atoms. The molecule has 0 aromatic carbocycles. The highest BCUT2D eigenvalue weighted by Gasteiger charge is 2.52. The Kier molecular flexibility index (Phi) is 8.94. The number of amides is 1. The van der Waals surface area contributed by atoms with Gasteiger partial charge in [0.05, 0.1) is 0 Å². The van der Waals surface area contributed by atoms with Crippen LogP contribution in [-0.4, -0.2) is 72.2 Å². The quantitative estimate of drug-likeness (QED) is 0.277. The van der Waals surface area contributed by atoms with Crippen LogP contribution in [0, 0.1) is 5.21 Å². The number of hydrogen-bond donors (Lipinski definition) is 2. The second-order valence-electron chi connectivity index (χ2n) is 7.01. The summed E-state index contributed by atoms with van der Waals surface area (Å²) in [5.74, 6) is -5.24. The second kappa shape index (κ2) is 11.4. The number of rotatable bonds is 8. The maximum Gasteiger partial charge on any atom is 0.305 e. The van der Waals surface area contributed by atoms with E-state index in [-0.39, 0.29) is 0 Å². The number of carbonyl (C=O) groups excluding carboxylic acids is 5. The first-order chi connectivity index (χ1) is 15.9. The molecular weight excluding hydrogens is 464 g/mol. The van der Waals surface area contributed by atoms with E-state index in [1.807, 2.05) is 0 Å². The van der Waals surface area contributed by atoms with E-state index in [1.54, 1.807) is 0 Å². The molecule has 1 saturated heterocycles. The Morgan fingerprint density at radius 1 is 0.971 bits per heavy atom. The van der Waals surface area contributed by atoms with Gasteiger partial charge in [0.15, 0.2) is 18.0 Å². The molecule has 1 aliphatic rings. The summed E-state index contributed by atoms with van der Waals surface area (Å²) in [6, 6.07) is 0.608. The first-order valence-corrected chi connectivity index (χ1v) is 9.76. The van der Waals surface area contributed by atoms with Gasteiger partial charge in [0.1, 0.15) is 18.8 Å². The molecule has 2 N–H and O–H groups in total. The molecule has 1 aromatic heterocycles. The van der Waals surface area contributed by atoms with Crippen LogP contribution in [0.3, 0.4) is 0 Å². The Balaban J connectivity index is 2.43. The van der Waals surface area contributed by atoms with Crippen LogP contribution < -0.4 is 10.5 Å². The Morgan fingerprint density at radius 2 is 1.56 bits per heavy atom. The monoisotopic (exact) mass is 487 g/mol. The Morgan fingerprint density at radius 3 is 2.06 bits per heavy atom. The van der Waals surface area contributed by atoms with Crippen molar-refractivity contribution in [3.05, 3.63) is 23.1 Å². The number of nitrogens with one attached hydrogen (secondary N) is 1. The predicted molar refractivity (Wildman–Crippen MR) is 106 cm³/mol. The van der Waals surface area contributed by atoms with Gasteiger partial charge in [-0.05, 0) is 6.07 Å². The minimum absolute atomic E-state index is 0.445. The van der Waals surface area contributed by atoms with E-state index in [4.69, 9.17) is 33.3 Å². The summed E-state index contributed by atoms with van der Waals surface area (Å²) < 4.78 is 31.1. The van der Waals surface area contributed by atoms with Gasteiger partial charge in [0, 0.05) is 33.8 Å². The molecule has 0 saturated carbocycles. The van der Waals surface area contributed by atoms with Crippen molar-refractivity contribution in [3.8, 4) is 0 Å². The zero-order valence-electron chi connectivity index (χ0n) is 18.5. The van der Waals surface area contributed by atoms with Crippen LogP contribution >= 0.6 is 0 Å². The third-order valence-corrected chi connectivity index (χ3v) is 4.29. The molecule has 0 unspecified atom stereocenters. The molecule has 1 fully saturated rings. The van der Waals surface area contributed by atoms with Crippen LogP contribution in [0.4, 0.5) is 5.88 Å². The minimum atomic E-state index is -1.60. The van der Waals surface area contributed by atoms with Crippen molar-refractivity contribution < 1.29 is 57.3 Å². The van der Waals surface area contributed by atoms with E-state index >= 15 is 0 Å². The molecule has 0 spiro atoms. The van der Waals surface area contributed by atoms with Crippen LogP contribution in [0.5, 0.6) is 0 Å². The predicted octanol–water partition coefficient (Wildman–Crippen LogP) is -0.214. The molecule has 2 heterocycles.